The molecule has 0 amide bonds. The van der Waals surface area contributed by atoms with Crippen LogP contribution in [0.3, 0.4) is 0 Å². The van der Waals surface area contributed by atoms with E-state index in [0.717, 1.165) is 6.92 Å². The van der Waals surface area contributed by atoms with Gasteiger partial charge in [0.1, 0.15) is 0 Å². The Kier molecular flexibility index (Phi) is 11.7. The Hall–Kier alpha value is -2.58. The maximum atomic E-state index is 10.6. The molecule has 3 N–H and O–H groups in total. The lowest BCUT2D eigenvalue weighted by molar-refractivity contribution is -0.152. The van der Waals surface area contributed by atoms with Gasteiger partial charge in [-0.2, -0.15) is 0 Å². The highest BCUT2D eigenvalue weighted by Crippen LogP contribution is 2.13. The van der Waals surface area contributed by atoms with Crippen molar-refractivity contribution in [3.63, 3.8) is 0 Å². The van der Waals surface area contributed by atoms with Crippen LogP contribution in [-0.4, -0.2) is 51.1 Å². The minimum absolute atomic E-state index is 0.167. The van der Waals surface area contributed by atoms with Crippen molar-refractivity contribution in [2.45, 2.75) is 27.7 Å². The van der Waals surface area contributed by atoms with Crippen molar-refractivity contribution in [1.82, 2.24) is 0 Å². The summed E-state index contributed by atoms with van der Waals surface area (Å²) < 4.78 is 0. The van der Waals surface area contributed by atoms with Crippen LogP contribution in [-0.2, 0) is 28.8 Å². The largest absolute Gasteiger partial charge is 0.476 e. The van der Waals surface area contributed by atoms with Gasteiger partial charge in [0.25, 0.3) is 0 Å². The summed E-state index contributed by atoms with van der Waals surface area (Å²) in [5.74, 6) is -5.74. The van der Waals surface area contributed by atoms with Crippen molar-refractivity contribution in [2.75, 3.05) is 0 Å². The first-order valence-electron chi connectivity index (χ1n) is 4.97. The average Bonchev–Trinajstić information content (AvgIpc) is 2.28. The molecule has 0 spiro atoms. The molecule has 0 aliphatic carbocycles. The number of ketones is 2. The molecule has 0 unspecified atom stereocenters. The lowest BCUT2D eigenvalue weighted by atomic mass is 9.91. The Balaban J connectivity index is -0.000000230. The molecule has 0 aromatic heterocycles. The number of rotatable bonds is 3. The monoisotopic (exact) mass is 292 g/mol. The molecule has 9 heteroatoms. The van der Waals surface area contributed by atoms with Gasteiger partial charge in [-0.15, -0.1) is 0 Å². The van der Waals surface area contributed by atoms with Crippen molar-refractivity contribution >= 4 is 35.8 Å². The Morgan fingerprint density at radius 1 is 0.850 bits per heavy atom. The summed E-state index contributed by atoms with van der Waals surface area (Å²) in [7, 11) is 0. The molecule has 0 aliphatic rings. The highest BCUT2D eigenvalue weighted by atomic mass is 16.4. The van der Waals surface area contributed by atoms with Crippen molar-refractivity contribution in [2.24, 2.45) is 5.41 Å². The maximum absolute atomic E-state index is 10.6. The zero-order valence-corrected chi connectivity index (χ0v) is 11.4. The normalized spacial score (nSPS) is 8.80. The van der Waals surface area contributed by atoms with Gasteiger partial charge in [0.05, 0.1) is 0 Å². The van der Waals surface area contributed by atoms with E-state index in [4.69, 9.17) is 24.9 Å². The Morgan fingerprint density at radius 3 is 1.10 bits per heavy atom. The number of hydrogen-bond acceptors (Lipinski definition) is 6. The van der Waals surface area contributed by atoms with Crippen LogP contribution in [0.4, 0.5) is 0 Å². The van der Waals surface area contributed by atoms with Gasteiger partial charge in [0, 0.05) is 12.3 Å². The predicted octanol–water partition coefficient (Wildman–Crippen LogP) is -0.384. The molecule has 0 radical (unpaired) electrons. The lowest BCUT2D eigenvalue weighted by Gasteiger charge is -2.11. The molecule has 0 saturated carbocycles. The first kappa shape index (κ1) is 22.6. The van der Waals surface area contributed by atoms with Crippen LogP contribution in [0.2, 0.25) is 0 Å². The smallest absolute Gasteiger partial charge is 0.372 e. The van der Waals surface area contributed by atoms with Crippen molar-refractivity contribution in [3.05, 3.63) is 0 Å². The van der Waals surface area contributed by atoms with E-state index in [2.05, 4.69) is 0 Å². The van der Waals surface area contributed by atoms with Gasteiger partial charge in [-0.25, -0.2) is 14.4 Å². The van der Waals surface area contributed by atoms with Gasteiger partial charge in [-0.3, -0.25) is 14.4 Å². The van der Waals surface area contributed by atoms with Crippen molar-refractivity contribution in [1.29, 1.82) is 0 Å². The molecule has 0 aromatic carbocycles. The predicted molar refractivity (Wildman–Crippen MR) is 64.1 cm³/mol. The van der Waals surface area contributed by atoms with Crippen LogP contribution in [0.5, 0.6) is 0 Å². The highest BCUT2D eigenvalue weighted by molar-refractivity contribution is 6.34. The summed E-state index contributed by atoms with van der Waals surface area (Å²) in [4.78, 5) is 57.4. The SMILES string of the molecule is CC(=O)C(=O)O.CC(C)(C)C(=O)C(=O)O.O=CC(=O)O. The fourth-order valence-corrected chi connectivity index (χ4v) is 0.321. The third-order valence-electron chi connectivity index (χ3n) is 1.28. The molecular formula is C11H16O9. The van der Waals surface area contributed by atoms with Crippen LogP contribution in [0.25, 0.3) is 0 Å². The molecular weight excluding hydrogens is 276 g/mol. The van der Waals surface area contributed by atoms with Crippen LogP contribution in [0, 0.1) is 5.41 Å². The third-order valence-corrected chi connectivity index (χ3v) is 1.28. The topological polar surface area (TPSA) is 163 Å². The molecule has 0 bridgehead atoms. The van der Waals surface area contributed by atoms with Crippen LogP contribution < -0.4 is 0 Å². The second kappa shape index (κ2) is 10.4. The van der Waals surface area contributed by atoms with Gasteiger partial charge >= 0.3 is 17.9 Å². The van der Waals surface area contributed by atoms with E-state index in [0.29, 0.717) is 0 Å². The minimum atomic E-state index is -1.43. The molecule has 0 rings (SSSR count). The number of aliphatic carboxylic acids is 3. The molecule has 0 heterocycles. The number of aldehydes is 1. The van der Waals surface area contributed by atoms with Crippen LogP contribution in [0.15, 0.2) is 0 Å². The number of Topliss-reactive ketones (excluding diaryl/α,β-unsaturated/α-hetero) is 2. The highest BCUT2D eigenvalue weighted by Gasteiger charge is 2.27. The van der Waals surface area contributed by atoms with Crippen molar-refractivity contribution in [3.8, 4) is 0 Å². The lowest BCUT2D eigenvalue weighted by Crippen LogP contribution is -2.27. The third kappa shape index (κ3) is 17.8. The van der Waals surface area contributed by atoms with Crippen molar-refractivity contribution < 1.29 is 44.1 Å². The standard InChI is InChI=1S/C6H10O3.C3H4O3.C2H2O3/c1-6(2,3)4(7)5(8)9;1-2(4)3(5)6;3-1-2(4)5/h1-3H3,(H,8,9);1H3,(H,5,6);1H,(H,4,5). The molecule has 0 atom stereocenters. The van der Waals surface area contributed by atoms with Gasteiger partial charge < -0.3 is 15.3 Å². The quantitative estimate of drug-likeness (QED) is 0.464. The number of carbonyl (C=O) groups excluding carboxylic acids is 3. The number of hydrogen-bond donors (Lipinski definition) is 3. The van der Waals surface area contributed by atoms with Crippen LogP contribution in [0.1, 0.15) is 27.7 Å². The van der Waals surface area contributed by atoms with Gasteiger partial charge in [0.2, 0.25) is 17.9 Å². The first-order chi connectivity index (χ1) is 8.77. The summed E-state index contributed by atoms with van der Waals surface area (Å²) in [6, 6.07) is 0. The molecule has 20 heavy (non-hydrogen) atoms. The Bertz CT molecular complexity index is 389. The number of carbonyl (C=O) groups is 6. The van der Waals surface area contributed by atoms with E-state index >= 15 is 0 Å². The molecule has 0 fully saturated rings. The van der Waals surface area contributed by atoms with E-state index in [1.165, 1.54) is 0 Å². The summed E-state index contributed by atoms with van der Waals surface area (Å²) >= 11 is 0. The van der Waals surface area contributed by atoms with E-state index < -0.39 is 34.9 Å². The minimum Gasteiger partial charge on any atom is -0.476 e. The Morgan fingerprint density at radius 2 is 1.10 bits per heavy atom. The first-order valence-corrected chi connectivity index (χ1v) is 4.97. The molecule has 0 saturated heterocycles. The maximum Gasteiger partial charge on any atom is 0.372 e. The Labute approximate surface area is 114 Å². The van der Waals surface area contributed by atoms with Crippen LogP contribution >= 0.6 is 0 Å². The average molecular weight is 292 g/mol. The molecule has 0 aliphatic heterocycles. The van der Waals surface area contributed by atoms with E-state index in [1.807, 2.05) is 0 Å². The zero-order chi connectivity index (χ0) is 17.1. The number of carboxylic acid groups (broad SMARTS) is 3. The summed E-state index contributed by atoms with van der Waals surface area (Å²) in [5.41, 5.74) is -0.758. The van der Waals surface area contributed by atoms with E-state index in [1.54, 1.807) is 20.8 Å². The zero-order valence-electron chi connectivity index (χ0n) is 11.4. The van der Waals surface area contributed by atoms with Gasteiger partial charge in [0.15, 0.2) is 0 Å². The van der Waals surface area contributed by atoms with Gasteiger partial charge in [-0.05, 0) is 0 Å². The second-order valence-electron chi connectivity index (χ2n) is 4.20. The fourth-order valence-electron chi connectivity index (χ4n) is 0.321. The summed E-state index contributed by atoms with van der Waals surface area (Å²) in [6.07, 6.45) is -0.167. The second-order valence-corrected chi connectivity index (χ2v) is 4.20. The molecule has 114 valence electrons. The molecule has 0 aromatic rings. The number of carboxylic acids is 3. The molecule has 9 nitrogen and oxygen atoms in total. The summed E-state index contributed by atoms with van der Waals surface area (Å²) in [6.45, 7) is 5.72. The summed E-state index contributed by atoms with van der Waals surface area (Å²) in [5, 5.41) is 23.2. The van der Waals surface area contributed by atoms with E-state index in [-0.39, 0.29) is 6.29 Å². The fraction of sp³-hybridized carbons (Fsp3) is 0.455. The van der Waals surface area contributed by atoms with Gasteiger partial charge in [-0.1, -0.05) is 20.8 Å². The van der Waals surface area contributed by atoms with E-state index in [9.17, 15) is 19.2 Å².